The van der Waals surface area contributed by atoms with E-state index in [2.05, 4.69) is 0 Å². The van der Waals surface area contributed by atoms with Crippen LogP contribution in [0.3, 0.4) is 0 Å². The lowest BCUT2D eigenvalue weighted by molar-refractivity contribution is 0.218. The SMILES string of the molecule is CC(C)(CO)c1ccc(OCc2ccccc2)c(Cl)c1. The van der Waals surface area contributed by atoms with Gasteiger partial charge in [-0.25, -0.2) is 0 Å². The van der Waals surface area contributed by atoms with E-state index in [0.29, 0.717) is 17.4 Å². The Labute approximate surface area is 125 Å². The highest BCUT2D eigenvalue weighted by Gasteiger charge is 2.20. The Balaban J connectivity index is 2.11. The Morgan fingerprint density at radius 2 is 1.80 bits per heavy atom. The average Bonchev–Trinajstić information content (AvgIpc) is 2.47. The molecular formula is C17H19ClO2. The zero-order chi connectivity index (χ0) is 14.6. The van der Waals surface area contributed by atoms with Gasteiger partial charge < -0.3 is 9.84 Å². The lowest BCUT2D eigenvalue weighted by atomic mass is 9.86. The van der Waals surface area contributed by atoms with E-state index in [1.807, 2.05) is 62.4 Å². The highest BCUT2D eigenvalue weighted by molar-refractivity contribution is 6.32. The largest absolute Gasteiger partial charge is 0.487 e. The summed E-state index contributed by atoms with van der Waals surface area (Å²) in [7, 11) is 0. The molecule has 2 rings (SSSR count). The normalized spacial score (nSPS) is 11.4. The summed E-state index contributed by atoms with van der Waals surface area (Å²) in [4.78, 5) is 0. The number of aliphatic hydroxyl groups excluding tert-OH is 1. The van der Waals surface area contributed by atoms with Crippen LogP contribution in [0.2, 0.25) is 5.02 Å². The summed E-state index contributed by atoms with van der Waals surface area (Å²) in [6.45, 7) is 4.52. The first-order chi connectivity index (χ1) is 9.53. The van der Waals surface area contributed by atoms with Crippen molar-refractivity contribution in [2.45, 2.75) is 25.9 Å². The first kappa shape index (κ1) is 14.9. The summed E-state index contributed by atoms with van der Waals surface area (Å²) < 4.78 is 5.73. The lowest BCUT2D eigenvalue weighted by Crippen LogP contribution is -2.21. The van der Waals surface area contributed by atoms with Gasteiger partial charge in [-0.2, -0.15) is 0 Å². The minimum atomic E-state index is -0.304. The van der Waals surface area contributed by atoms with Crippen molar-refractivity contribution in [1.82, 2.24) is 0 Å². The second kappa shape index (κ2) is 6.29. The van der Waals surface area contributed by atoms with Gasteiger partial charge in [0.25, 0.3) is 0 Å². The van der Waals surface area contributed by atoms with Crippen LogP contribution in [0.4, 0.5) is 0 Å². The maximum atomic E-state index is 9.39. The van der Waals surface area contributed by atoms with E-state index >= 15 is 0 Å². The van der Waals surface area contributed by atoms with E-state index in [0.717, 1.165) is 11.1 Å². The number of hydrogen-bond acceptors (Lipinski definition) is 2. The summed E-state index contributed by atoms with van der Waals surface area (Å²) in [5.74, 6) is 0.660. The van der Waals surface area contributed by atoms with Gasteiger partial charge in [-0.1, -0.05) is 61.8 Å². The third-order valence-corrected chi connectivity index (χ3v) is 3.64. The monoisotopic (exact) mass is 290 g/mol. The number of hydrogen-bond donors (Lipinski definition) is 1. The van der Waals surface area contributed by atoms with Gasteiger partial charge in [-0.05, 0) is 23.3 Å². The minimum Gasteiger partial charge on any atom is -0.487 e. The van der Waals surface area contributed by atoms with Crippen LogP contribution < -0.4 is 4.74 Å². The highest BCUT2D eigenvalue weighted by atomic mass is 35.5. The van der Waals surface area contributed by atoms with E-state index < -0.39 is 0 Å². The molecule has 0 unspecified atom stereocenters. The van der Waals surface area contributed by atoms with Gasteiger partial charge in [0.1, 0.15) is 12.4 Å². The van der Waals surface area contributed by atoms with Crippen LogP contribution in [0.15, 0.2) is 48.5 Å². The highest BCUT2D eigenvalue weighted by Crippen LogP contribution is 2.31. The molecule has 0 aliphatic rings. The average molecular weight is 291 g/mol. The van der Waals surface area contributed by atoms with E-state index in [-0.39, 0.29) is 12.0 Å². The fourth-order valence-corrected chi connectivity index (χ4v) is 2.10. The van der Waals surface area contributed by atoms with Crippen molar-refractivity contribution in [1.29, 1.82) is 0 Å². The molecular weight excluding hydrogens is 272 g/mol. The van der Waals surface area contributed by atoms with Gasteiger partial charge in [0.15, 0.2) is 0 Å². The van der Waals surface area contributed by atoms with Crippen molar-refractivity contribution in [3.8, 4) is 5.75 Å². The number of aliphatic hydroxyl groups is 1. The summed E-state index contributed by atoms with van der Waals surface area (Å²) in [6, 6.07) is 15.6. The van der Waals surface area contributed by atoms with Crippen LogP contribution in [0.5, 0.6) is 5.75 Å². The fraction of sp³-hybridized carbons (Fsp3) is 0.294. The smallest absolute Gasteiger partial charge is 0.138 e. The maximum Gasteiger partial charge on any atom is 0.138 e. The molecule has 1 N–H and O–H groups in total. The molecule has 0 aromatic heterocycles. The number of rotatable bonds is 5. The molecule has 3 heteroatoms. The molecule has 0 saturated carbocycles. The Hall–Kier alpha value is -1.51. The van der Waals surface area contributed by atoms with Crippen LogP contribution in [0.1, 0.15) is 25.0 Å². The molecule has 0 atom stereocenters. The van der Waals surface area contributed by atoms with Crippen molar-refractivity contribution in [3.63, 3.8) is 0 Å². The minimum absolute atomic E-state index is 0.0769. The fourth-order valence-electron chi connectivity index (χ4n) is 1.87. The third kappa shape index (κ3) is 3.53. The molecule has 0 bridgehead atoms. The van der Waals surface area contributed by atoms with E-state index in [4.69, 9.17) is 16.3 Å². The van der Waals surface area contributed by atoms with E-state index in [9.17, 15) is 5.11 Å². The Kier molecular flexibility index (Phi) is 4.69. The molecule has 0 fully saturated rings. The van der Waals surface area contributed by atoms with Gasteiger partial charge >= 0.3 is 0 Å². The van der Waals surface area contributed by atoms with Crippen molar-refractivity contribution in [2.75, 3.05) is 6.61 Å². The molecule has 106 valence electrons. The van der Waals surface area contributed by atoms with Crippen molar-refractivity contribution in [2.24, 2.45) is 0 Å². The van der Waals surface area contributed by atoms with Gasteiger partial charge in [-0.15, -0.1) is 0 Å². The van der Waals surface area contributed by atoms with Gasteiger partial charge in [0.05, 0.1) is 11.6 Å². The van der Waals surface area contributed by atoms with Crippen LogP contribution in [-0.2, 0) is 12.0 Å². The standard InChI is InChI=1S/C17H19ClO2/c1-17(2,12-19)14-8-9-16(15(18)10-14)20-11-13-6-4-3-5-7-13/h3-10,19H,11-12H2,1-2H3. The first-order valence-corrected chi connectivity index (χ1v) is 6.98. The van der Waals surface area contributed by atoms with Gasteiger partial charge in [0, 0.05) is 5.41 Å². The molecule has 0 aliphatic heterocycles. The zero-order valence-corrected chi connectivity index (χ0v) is 12.5. The molecule has 2 aromatic carbocycles. The summed E-state index contributed by atoms with van der Waals surface area (Å²) in [5, 5.41) is 9.95. The molecule has 0 spiro atoms. The third-order valence-electron chi connectivity index (χ3n) is 3.35. The Morgan fingerprint density at radius 3 is 2.40 bits per heavy atom. The predicted octanol–water partition coefficient (Wildman–Crippen LogP) is 4.19. The van der Waals surface area contributed by atoms with Crippen LogP contribution in [0.25, 0.3) is 0 Å². The molecule has 2 nitrogen and oxygen atoms in total. The van der Waals surface area contributed by atoms with E-state index in [1.54, 1.807) is 0 Å². The van der Waals surface area contributed by atoms with E-state index in [1.165, 1.54) is 0 Å². The summed E-state index contributed by atoms with van der Waals surface area (Å²) in [5.41, 5.74) is 1.79. The first-order valence-electron chi connectivity index (χ1n) is 6.60. The van der Waals surface area contributed by atoms with Crippen LogP contribution in [0, 0.1) is 0 Å². The number of halogens is 1. The maximum absolute atomic E-state index is 9.39. The van der Waals surface area contributed by atoms with Crippen molar-refractivity contribution >= 4 is 11.6 Å². The lowest BCUT2D eigenvalue weighted by Gasteiger charge is -2.23. The summed E-state index contributed by atoms with van der Waals surface area (Å²) >= 11 is 6.25. The zero-order valence-electron chi connectivity index (χ0n) is 11.8. The number of benzene rings is 2. The predicted molar refractivity (Wildman–Crippen MR) is 82.3 cm³/mol. The Bertz CT molecular complexity index is 564. The van der Waals surface area contributed by atoms with Gasteiger partial charge in [-0.3, -0.25) is 0 Å². The molecule has 0 radical (unpaired) electrons. The second-order valence-electron chi connectivity index (χ2n) is 5.46. The molecule has 0 aliphatic carbocycles. The van der Waals surface area contributed by atoms with Crippen LogP contribution in [-0.4, -0.2) is 11.7 Å². The molecule has 0 heterocycles. The Morgan fingerprint density at radius 1 is 1.10 bits per heavy atom. The quantitative estimate of drug-likeness (QED) is 0.895. The molecule has 0 amide bonds. The number of ether oxygens (including phenoxy) is 1. The molecule has 2 aromatic rings. The summed E-state index contributed by atoms with van der Waals surface area (Å²) in [6.07, 6.45) is 0. The second-order valence-corrected chi connectivity index (χ2v) is 5.87. The van der Waals surface area contributed by atoms with Crippen LogP contribution >= 0.6 is 11.6 Å². The van der Waals surface area contributed by atoms with Gasteiger partial charge in [0.2, 0.25) is 0 Å². The topological polar surface area (TPSA) is 29.5 Å². The molecule has 20 heavy (non-hydrogen) atoms. The molecule has 0 saturated heterocycles. The van der Waals surface area contributed by atoms with Crippen molar-refractivity contribution < 1.29 is 9.84 Å². The van der Waals surface area contributed by atoms with Crippen molar-refractivity contribution in [3.05, 3.63) is 64.7 Å².